The van der Waals surface area contributed by atoms with Crippen molar-refractivity contribution < 1.29 is 24.4 Å². The first-order chi connectivity index (χ1) is 15.2. The Morgan fingerprint density at radius 1 is 1.22 bits per heavy atom. The third kappa shape index (κ3) is 4.45. The lowest BCUT2D eigenvalue weighted by molar-refractivity contribution is 0.564. The lowest BCUT2D eigenvalue weighted by Crippen LogP contribution is -2.41. The van der Waals surface area contributed by atoms with Crippen LogP contribution in [0.2, 0.25) is 0 Å². The van der Waals surface area contributed by atoms with Gasteiger partial charge >= 0.3 is 0 Å². The Labute approximate surface area is 187 Å². The van der Waals surface area contributed by atoms with Crippen LogP contribution < -0.4 is 10.0 Å². The Balaban J connectivity index is 0.00000289. The number of hydrogen-bond acceptors (Lipinski definition) is 4. The minimum Gasteiger partial charge on any atom is -0.324 e. The summed E-state index contributed by atoms with van der Waals surface area (Å²) < 4.78 is 71.1. The van der Waals surface area contributed by atoms with Gasteiger partial charge in [0, 0.05) is 14.3 Å². The highest BCUT2D eigenvalue weighted by Crippen LogP contribution is 2.40. The largest absolute Gasteiger partial charge is 0.324 e. The average Bonchev–Trinajstić information content (AvgIpc) is 2.76. The molecule has 0 saturated carbocycles. The molecule has 0 aliphatic carbocycles. The summed E-state index contributed by atoms with van der Waals surface area (Å²) in [6.07, 6.45) is 1.22. The van der Waals surface area contributed by atoms with Crippen molar-refractivity contribution >= 4 is 28.4 Å². The molecule has 1 aliphatic heterocycles. The van der Waals surface area contributed by atoms with Gasteiger partial charge < -0.3 is 5.32 Å². The van der Waals surface area contributed by atoms with E-state index in [4.69, 9.17) is 0 Å². The SMILES string of the molecule is C=C/C(F)=C(/CN=C1Nc2c(ccc(F)c2C(CC)c2ccccc2F)S(=O)(=O)N1)N=C.[HH].[HH]. The maximum Gasteiger partial charge on any atom is 0.266 e. The zero-order valence-electron chi connectivity index (χ0n) is 17.2. The lowest BCUT2D eigenvalue weighted by atomic mass is 9.87. The van der Waals surface area contributed by atoms with Gasteiger partial charge in [0.25, 0.3) is 10.0 Å². The smallest absolute Gasteiger partial charge is 0.266 e. The number of allylic oxidation sites excluding steroid dienone is 2. The number of benzene rings is 2. The molecule has 172 valence electrons. The molecule has 0 radical (unpaired) electrons. The Morgan fingerprint density at radius 3 is 2.56 bits per heavy atom. The first-order valence-electron chi connectivity index (χ1n) is 9.62. The second kappa shape index (κ2) is 9.39. The molecule has 1 heterocycles. The number of nitrogens with one attached hydrogen (secondary N) is 2. The van der Waals surface area contributed by atoms with Crippen LogP contribution in [0.25, 0.3) is 0 Å². The molecule has 10 heteroatoms. The second-order valence-electron chi connectivity index (χ2n) is 6.87. The highest BCUT2D eigenvalue weighted by atomic mass is 32.2. The summed E-state index contributed by atoms with van der Waals surface area (Å²) in [6, 6.07) is 8.06. The lowest BCUT2D eigenvalue weighted by Gasteiger charge is -2.27. The van der Waals surface area contributed by atoms with Crippen LogP contribution in [0.4, 0.5) is 18.9 Å². The van der Waals surface area contributed by atoms with Crippen molar-refractivity contribution in [1.29, 1.82) is 0 Å². The first kappa shape index (κ1) is 23.3. The molecule has 1 atom stereocenters. The van der Waals surface area contributed by atoms with Crippen LogP contribution >= 0.6 is 0 Å². The summed E-state index contributed by atoms with van der Waals surface area (Å²) in [5.74, 6) is -3.02. The van der Waals surface area contributed by atoms with Gasteiger partial charge in [0.05, 0.1) is 17.9 Å². The van der Waals surface area contributed by atoms with Crippen LogP contribution in [0, 0.1) is 11.6 Å². The van der Waals surface area contributed by atoms with Gasteiger partial charge in [0.1, 0.15) is 22.4 Å². The van der Waals surface area contributed by atoms with Crippen molar-refractivity contribution in [3.8, 4) is 0 Å². The molecular weight excluding hydrogens is 441 g/mol. The van der Waals surface area contributed by atoms with Crippen molar-refractivity contribution in [3.05, 3.63) is 83.3 Å². The third-order valence-corrected chi connectivity index (χ3v) is 6.37. The minimum atomic E-state index is -4.12. The van der Waals surface area contributed by atoms with E-state index in [2.05, 4.69) is 33.3 Å². The fraction of sp³-hybridized carbons (Fsp3) is 0.182. The Kier molecular flexibility index (Phi) is 6.83. The number of rotatable bonds is 7. The topological polar surface area (TPSA) is 82.9 Å². The van der Waals surface area contributed by atoms with E-state index < -0.39 is 33.4 Å². The van der Waals surface area contributed by atoms with Crippen molar-refractivity contribution in [2.45, 2.75) is 24.2 Å². The molecule has 0 amide bonds. The Morgan fingerprint density at radius 2 is 1.94 bits per heavy atom. The van der Waals surface area contributed by atoms with E-state index in [1.54, 1.807) is 13.0 Å². The van der Waals surface area contributed by atoms with Crippen molar-refractivity contribution in [2.75, 3.05) is 11.9 Å². The van der Waals surface area contributed by atoms with Crippen LogP contribution in [0.1, 0.15) is 33.2 Å². The quantitative estimate of drug-likeness (QED) is 0.439. The molecule has 0 aromatic heterocycles. The molecule has 0 spiro atoms. The Hall–Kier alpha value is -3.40. The van der Waals surface area contributed by atoms with E-state index in [0.717, 1.165) is 18.2 Å². The summed E-state index contributed by atoms with van der Waals surface area (Å²) in [4.78, 5) is 7.31. The summed E-state index contributed by atoms with van der Waals surface area (Å²) in [5, 5.41) is 2.77. The monoisotopic (exact) mass is 466 g/mol. The summed E-state index contributed by atoms with van der Waals surface area (Å²) >= 11 is 0. The Bertz CT molecular complexity index is 1250. The van der Waals surface area contributed by atoms with E-state index in [0.29, 0.717) is 6.42 Å². The molecule has 1 aliphatic rings. The molecule has 3 rings (SSSR count). The maximum absolute atomic E-state index is 15.0. The van der Waals surface area contributed by atoms with Crippen LogP contribution in [0.5, 0.6) is 0 Å². The van der Waals surface area contributed by atoms with E-state index in [-0.39, 0.29) is 42.8 Å². The molecule has 32 heavy (non-hydrogen) atoms. The molecule has 1 unspecified atom stereocenters. The molecule has 0 bridgehead atoms. The van der Waals surface area contributed by atoms with Crippen LogP contribution in [-0.4, -0.2) is 27.6 Å². The van der Waals surface area contributed by atoms with Crippen molar-refractivity contribution in [2.24, 2.45) is 9.98 Å². The fourth-order valence-corrected chi connectivity index (χ4v) is 4.63. The van der Waals surface area contributed by atoms with Crippen LogP contribution in [0.3, 0.4) is 0 Å². The maximum atomic E-state index is 15.0. The number of fused-ring (bicyclic) bond motifs is 1. The van der Waals surface area contributed by atoms with Crippen molar-refractivity contribution in [3.63, 3.8) is 0 Å². The van der Waals surface area contributed by atoms with Gasteiger partial charge in [0.15, 0.2) is 0 Å². The number of sulfonamides is 1. The third-order valence-electron chi connectivity index (χ3n) is 4.99. The number of aliphatic imine (C=N–C) groups is 2. The second-order valence-corrected chi connectivity index (χ2v) is 8.52. The predicted octanol–water partition coefficient (Wildman–Crippen LogP) is 5.13. The molecule has 0 fully saturated rings. The molecular formula is C22H25F3N4O2S. The molecule has 2 aromatic carbocycles. The molecule has 6 nitrogen and oxygen atoms in total. The predicted molar refractivity (Wildman–Crippen MR) is 123 cm³/mol. The highest BCUT2D eigenvalue weighted by Gasteiger charge is 2.33. The number of guanidine groups is 1. The summed E-state index contributed by atoms with van der Waals surface area (Å²) in [7, 11) is -4.12. The number of halogens is 3. The van der Waals surface area contributed by atoms with Crippen LogP contribution in [0.15, 0.2) is 75.5 Å². The fourth-order valence-electron chi connectivity index (χ4n) is 3.48. The summed E-state index contributed by atoms with van der Waals surface area (Å²) in [6.45, 7) is 7.94. The standard InChI is InChI=1S/C22H21F3N4O2S.2H2/c1-4-13(14-8-6-7-9-16(14)24)20-17(25)10-11-19-21(20)28-22(29-32(19,30)31)27-12-18(26-3)15(23)5-2;;/h5-11,13H,2-4,12H2,1H3,(H2,27,28,29);2*1H/b18-15+;;. The van der Waals surface area contributed by atoms with E-state index in [9.17, 15) is 17.2 Å². The summed E-state index contributed by atoms with van der Waals surface area (Å²) in [5.41, 5.74) is 0.00542. The highest BCUT2D eigenvalue weighted by molar-refractivity contribution is 7.90. The number of hydrogen-bond donors (Lipinski definition) is 2. The molecule has 2 aromatic rings. The number of nitrogens with zero attached hydrogens (tertiary/aromatic N) is 2. The minimum absolute atomic E-state index is 0. The van der Waals surface area contributed by atoms with E-state index >= 15 is 4.39 Å². The molecule has 0 saturated heterocycles. The zero-order chi connectivity index (χ0) is 23.5. The molecule has 2 N–H and O–H groups in total. The first-order valence-corrected chi connectivity index (χ1v) is 11.1. The van der Waals surface area contributed by atoms with Crippen LogP contribution in [-0.2, 0) is 10.0 Å². The number of anilines is 1. The van der Waals surface area contributed by atoms with Gasteiger partial charge in [0.2, 0.25) is 5.96 Å². The van der Waals surface area contributed by atoms with Gasteiger partial charge in [-0.05, 0) is 43.0 Å². The zero-order valence-corrected chi connectivity index (χ0v) is 18.0. The van der Waals surface area contributed by atoms with Crippen molar-refractivity contribution in [1.82, 2.24) is 4.72 Å². The van der Waals surface area contributed by atoms with Gasteiger partial charge in [-0.3, -0.25) is 4.99 Å². The van der Waals surface area contributed by atoms with Gasteiger partial charge in [-0.15, -0.1) is 0 Å². The average molecular weight is 467 g/mol. The van der Waals surface area contributed by atoms with E-state index in [1.165, 1.54) is 18.2 Å². The van der Waals surface area contributed by atoms with Gasteiger partial charge in [-0.2, -0.15) is 0 Å². The normalized spacial score (nSPS) is 17.4. The van der Waals surface area contributed by atoms with Gasteiger partial charge in [-0.1, -0.05) is 31.7 Å². The van der Waals surface area contributed by atoms with Gasteiger partial charge in [-0.25, -0.2) is 31.3 Å². The van der Waals surface area contributed by atoms with E-state index in [1.807, 2.05) is 0 Å².